The van der Waals surface area contributed by atoms with Crippen molar-refractivity contribution in [1.82, 2.24) is 0 Å². The Morgan fingerprint density at radius 3 is 2.23 bits per heavy atom. The third-order valence-electron chi connectivity index (χ3n) is 7.28. The first-order valence-electron chi connectivity index (χ1n) is 10.7. The van der Waals surface area contributed by atoms with E-state index in [0.717, 1.165) is 34.0 Å². The first kappa shape index (κ1) is 19.6. The Balaban J connectivity index is 1.39. The molecule has 0 aromatic heterocycles. The van der Waals surface area contributed by atoms with Gasteiger partial charge in [-0.1, -0.05) is 5.92 Å². The highest BCUT2D eigenvalue weighted by atomic mass is 32.2. The van der Waals surface area contributed by atoms with E-state index in [9.17, 15) is 4.79 Å². The summed E-state index contributed by atoms with van der Waals surface area (Å²) in [5.41, 5.74) is 2.78. The van der Waals surface area contributed by atoms with Crippen molar-refractivity contribution in [2.24, 2.45) is 17.8 Å². The van der Waals surface area contributed by atoms with Gasteiger partial charge in [0.2, 0.25) is 0 Å². The summed E-state index contributed by atoms with van der Waals surface area (Å²) in [6.45, 7) is 0. The molecule has 1 N–H and O–H groups in total. The van der Waals surface area contributed by atoms with E-state index >= 15 is 0 Å². The molecule has 0 radical (unpaired) electrons. The van der Waals surface area contributed by atoms with Crippen LogP contribution in [-0.2, 0) is 5.41 Å². The van der Waals surface area contributed by atoms with Crippen LogP contribution in [0, 0.1) is 28.9 Å². The van der Waals surface area contributed by atoms with Gasteiger partial charge in [0.05, 0.1) is 12.7 Å². The monoisotopic (exact) mass is 418 g/mol. The Bertz CT molecular complexity index is 993. The molecule has 154 valence electrons. The molecule has 0 unspecified atom stereocenters. The van der Waals surface area contributed by atoms with Gasteiger partial charge in [0, 0.05) is 16.0 Å². The number of carboxylic acids is 1. The predicted molar refractivity (Wildman–Crippen MR) is 119 cm³/mol. The van der Waals surface area contributed by atoms with Crippen molar-refractivity contribution < 1.29 is 14.6 Å². The molecule has 0 aliphatic heterocycles. The van der Waals surface area contributed by atoms with E-state index in [0.29, 0.717) is 0 Å². The number of ether oxygens (including phenoxy) is 1. The number of hydrogen-bond acceptors (Lipinski definition) is 3. The largest absolute Gasteiger partial charge is 0.496 e. The van der Waals surface area contributed by atoms with Gasteiger partial charge in [-0.2, -0.15) is 0 Å². The van der Waals surface area contributed by atoms with Crippen LogP contribution in [0.3, 0.4) is 0 Å². The Morgan fingerprint density at radius 2 is 1.67 bits per heavy atom. The number of rotatable bonds is 4. The maximum absolute atomic E-state index is 11.0. The molecular weight excluding hydrogens is 392 g/mol. The van der Waals surface area contributed by atoms with Crippen LogP contribution in [0.25, 0.3) is 0 Å². The first-order chi connectivity index (χ1) is 14.5. The highest BCUT2D eigenvalue weighted by Gasteiger charge is 2.52. The Morgan fingerprint density at radius 1 is 1.03 bits per heavy atom. The maximum atomic E-state index is 11.0. The number of aromatic carboxylic acids is 1. The minimum atomic E-state index is -0.917. The summed E-state index contributed by atoms with van der Waals surface area (Å²) in [5, 5.41) is 12.2. The molecule has 0 atom stereocenters. The third kappa shape index (κ3) is 3.61. The minimum absolute atomic E-state index is 0.281. The first-order valence-corrected chi connectivity index (χ1v) is 11.6. The molecule has 0 heterocycles. The summed E-state index contributed by atoms with van der Waals surface area (Å²) in [6, 6.07) is 13.2. The number of hydrogen-bond donors (Lipinski definition) is 1. The van der Waals surface area contributed by atoms with Crippen LogP contribution in [0.2, 0.25) is 0 Å². The van der Waals surface area contributed by atoms with E-state index in [1.54, 1.807) is 31.4 Å². The fourth-order valence-corrected chi connectivity index (χ4v) is 7.04. The maximum Gasteiger partial charge on any atom is 0.335 e. The topological polar surface area (TPSA) is 46.5 Å². The molecule has 4 bridgehead atoms. The van der Waals surface area contributed by atoms with Crippen LogP contribution in [0.4, 0.5) is 0 Å². The zero-order chi connectivity index (χ0) is 20.7. The molecule has 3 nitrogen and oxygen atoms in total. The van der Waals surface area contributed by atoms with E-state index in [1.165, 1.54) is 55.9 Å². The Hall–Kier alpha value is -2.38. The molecule has 30 heavy (non-hydrogen) atoms. The molecule has 6 rings (SSSR count). The van der Waals surface area contributed by atoms with E-state index in [1.807, 2.05) is 0 Å². The van der Waals surface area contributed by atoms with Crippen molar-refractivity contribution in [3.8, 4) is 16.9 Å². The molecule has 0 amide bonds. The van der Waals surface area contributed by atoms with Gasteiger partial charge < -0.3 is 9.84 Å². The summed E-state index contributed by atoms with van der Waals surface area (Å²) < 4.78 is 5.80. The van der Waals surface area contributed by atoms with Gasteiger partial charge in [-0.3, -0.25) is 0 Å². The van der Waals surface area contributed by atoms with Crippen molar-refractivity contribution in [3.63, 3.8) is 0 Å². The van der Waals surface area contributed by atoms with E-state index in [-0.39, 0.29) is 11.0 Å². The molecule has 2 aromatic rings. The molecule has 4 fully saturated rings. The second-order valence-electron chi connectivity index (χ2n) is 9.27. The van der Waals surface area contributed by atoms with Gasteiger partial charge in [-0.15, -0.1) is 0 Å². The van der Waals surface area contributed by atoms with Crippen LogP contribution in [-0.4, -0.2) is 18.2 Å². The molecule has 2 aromatic carbocycles. The Kier molecular flexibility index (Phi) is 5.03. The molecule has 0 spiro atoms. The SMILES string of the molecule is COc1ccc(SC#Cc2ccc(C(=O)O)cc2)cc1C12CC3CC(CC(C3)C1)C2. The number of benzene rings is 2. The molecule has 4 aliphatic carbocycles. The lowest BCUT2D eigenvalue weighted by Crippen LogP contribution is -2.48. The van der Waals surface area contributed by atoms with Gasteiger partial charge in [0.1, 0.15) is 5.75 Å². The summed E-state index contributed by atoms with van der Waals surface area (Å²) in [4.78, 5) is 12.1. The summed E-state index contributed by atoms with van der Waals surface area (Å²) in [6.07, 6.45) is 8.23. The minimum Gasteiger partial charge on any atom is -0.496 e. The van der Waals surface area contributed by atoms with E-state index in [2.05, 4.69) is 29.4 Å². The molecule has 4 saturated carbocycles. The highest BCUT2D eigenvalue weighted by molar-refractivity contribution is 8.04. The van der Waals surface area contributed by atoms with Crippen molar-refractivity contribution in [2.75, 3.05) is 7.11 Å². The number of thioether (sulfide) groups is 1. The quantitative estimate of drug-likeness (QED) is 0.491. The van der Waals surface area contributed by atoms with Gasteiger partial charge in [-0.05, 0) is 121 Å². The van der Waals surface area contributed by atoms with Gasteiger partial charge in [-0.25, -0.2) is 4.79 Å². The number of methoxy groups -OCH3 is 1. The smallest absolute Gasteiger partial charge is 0.335 e. The fourth-order valence-electron chi connectivity index (χ4n) is 6.45. The summed E-state index contributed by atoms with van der Waals surface area (Å²) in [5.74, 6) is 5.92. The molecule has 0 saturated heterocycles. The summed E-state index contributed by atoms with van der Waals surface area (Å²) >= 11 is 1.53. The molecule has 4 heteroatoms. The van der Waals surface area contributed by atoms with Crippen LogP contribution < -0.4 is 4.74 Å². The average Bonchev–Trinajstić information content (AvgIpc) is 2.73. The lowest BCUT2D eigenvalue weighted by Gasteiger charge is -2.57. The second kappa shape index (κ2) is 7.71. The van der Waals surface area contributed by atoms with Crippen molar-refractivity contribution >= 4 is 17.7 Å². The van der Waals surface area contributed by atoms with Crippen molar-refractivity contribution in [2.45, 2.75) is 48.8 Å². The van der Waals surface area contributed by atoms with Crippen LogP contribution in [0.1, 0.15) is 60.0 Å². The van der Waals surface area contributed by atoms with Gasteiger partial charge >= 0.3 is 5.97 Å². The zero-order valence-corrected chi connectivity index (χ0v) is 18.0. The normalized spacial score (nSPS) is 28.6. The van der Waals surface area contributed by atoms with Crippen LogP contribution in [0.15, 0.2) is 47.4 Å². The zero-order valence-electron chi connectivity index (χ0n) is 17.2. The van der Waals surface area contributed by atoms with E-state index < -0.39 is 5.97 Å². The van der Waals surface area contributed by atoms with Gasteiger partial charge in [0.15, 0.2) is 0 Å². The Labute approximate surface area is 182 Å². The average molecular weight is 419 g/mol. The molecule has 4 aliphatic rings. The summed E-state index contributed by atoms with van der Waals surface area (Å²) in [7, 11) is 1.78. The standard InChI is InChI=1S/C26H26O3S/c1-29-24-7-6-22(30-9-8-17-2-4-21(5-3-17)25(27)28)13-23(24)26-14-18-10-19(15-26)12-20(11-18)16-26/h2-7,13,18-20H,10-12,14-16H2,1H3,(H,27,28). The second-order valence-corrected chi connectivity index (χ2v) is 10.2. The molecular formula is C26H26O3S. The number of carboxylic acid groups (broad SMARTS) is 1. The number of carbonyl (C=O) groups is 1. The predicted octanol–water partition coefficient (Wildman–Crippen LogP) is 5.96. The lowest BCUT2D eigenvalue weighted by molar-refractivity contribution is -0.00625. The fraction of sp³-hybridized carbons (Fsp3) is 0.423. The third-order valence-corrected chi connectivity index (χ3v) is 7.97. The van der Waals surface area contributed by atoms with Crippen molar-refractivity contribution in [3.05, 3.63) is 59.2 Å². The lowest BCUT2D eigenvalue weighted by atomic mass is 9.48. The van der Waals surface area contributed by atoms with Crippen LogP contribution in [0.5, 0.6) is 5.75 Å². The van der Waals surface area contributed by atoms with Crippen LogP contribution >= 0.6 is 11.8 Å². The highest BCUT2D eigenvalue weighted by Crippen LogP contribution is 2.62. The van der Waals surface area contributed by atoms with Gasteiger partial charge in [0.25, 0.3) is 0 Å². The van der Waals surface area contributed by atoms with Crippen molar-refractivity contribution in [1.29, 1.82) is 0 Å². The van der Waals surface area contributed by atoms with E-state index in [4.69, 9.17) is 9.84 Å².